The van der Waals surface area contributed by atoms with Crippen molar-refractivity contribution in [1.82, 2.24) is 0 Å². The second kappa shape index (κ2) is 7.13. The summed E-state index contributed by atoms with van der Waals surface area (Å²) >= 11 is 3.38. The molecule has 96 valence electrons. The molecule has 0 bridgehead atoms. The smallest absolute Gasteiger partial charge is 0.153 e. The van der Waals surface area contributed by atoms with Gasteiger partial charge >= 0.3 is 0 Å². The summed E-state index contributed by atoms with van der Waals surface area (Å²) in [6.45, 7) is 0.256. The second-order valence-corrected chi connectivity index (χ2v) is 6.75. The van der Waals surface area contributed by atoms with Crippen LogP contribution >= 0.6 is 15.9 Å². The van der Waals surface area contributed by atoms with Crippen LogP contribution in [0.3, 0.4) is 0 Å². The van der Waals surface area contributed by atoms with Gasteiger partial charge in [0.15, 0.2) is 9.84 Å². The van der Waals surface area contributed by atoms with Crippen molar-refractivity contribution in [2.45, 2.75) is 5.92 Å². The number of sulfone groups is 1. The molecule has 0 amide bonds. The number of ether oxygens (including phenoxy) is 1. The molecule has 0 aliphatic rings. The predicted octanol–water partition coefficient (Wildman–Crippen LogP) is 2.23. The molecule has 0 aliphatic carbocycles. The Hall–Kier alpha value is -0.390. The number of rotatable bonds is 7. The summed E-state index contributed by atoms with van der Waals surface area (Å²) in [6, 6.07) is 9.68. The minimum absolute atomic E-state index is 0.00180. The fourth-order valence-electron chi connectivity index (χ4n) is 1.56. The molecule has 0 saturated heterocycles. The summed E-state index contributed by atoms with van der Waals surface area (Å²) in [7, 11) is -1.55. The fraction of sp³-hybridized carbons (Fsp3) is 0.500. The van der Waals surface area contributed by atoms with Crippen LogP contribution in [0.15, 0.2) is 30.3 Å². The maximum Gasteiger partial charge on any atom is 0.153 e. The van der Waals surface area contributed by atoms with Crippen LogP contribution < -0.4 is 0 Å². The van der Waals surface area contributed by atoms with E-state index in [1.54, 1.807) is 0 Å². The Morgan fingerprint density at radius 1 is 1.29 bits per heavy atom. The van der Waals surface area contributed by atoms with E-state index in [-0.39, 0.29) is 24.0 Å². The highest BCUT2D eigenvalue weighted by Crippen LogP contribution is 2.20. The van der Waals surface area contributed by atoms with Gasteiger partial charge in [0.25, 0.3) is 0 Å². The van der Waals surface area contributed by atoms with Crippen molar-refractivity contribution in [3.63, 3.8) is 0 Å². The molecule has 1 rings (SSSR count). The third-order valence-electron chi connectivity index (χ3n) is 2.51. The van der Waals surface area contributed by atoms with Gasteiger partial charge in [0.1, 0.15) is 0 Å². The monoisotopic (exact) mass is 320 g/mol. The molecule has 0 heterocycles. The Labute approximate surface area is 111 Å². The average molecular weight is 321 g/mol. The first-order chi connectivity index (χ1) is 8.09. The van der Waals surface area contributed by atoms with E-state index in [9.17, 15) is 8.42 Å². The van der Waals surface area contributed by atoms with Crippen molar-refractivity contribution >= 4 is 25.8 Å². The summed E-state index contributed by atoms with van der Waals surface area (Å²) in [6.07, 6.45) is 0. The van der Waals surface area contributed by atoms with Crippen molar-refractivity contribution in [1.29, 1.82) is 0 Å². The van der Waals surface area contributed by atoms with Gasteiger partial charge < -0.3 is 4.74 Å². The highest BCUT2D eigenvalue weighted by Gasteiger charge is 2.19. The van der Waals surface area contributed by atoms with E-state index < -0.39 is 9.84 Å². The Morgan fingerprint density at radius 3 is 2.47 bits per heavy atom. The maximum atomic E-state index is 11.8. The lowest BCUT2D eigenvalue weighted by molar-refractivity contribution is 0.217. The molecule has 0 saturated carbocycles. The highest BCUT2D eigenvalue weighted by molar-refractivity contribution is 9.09. The van der Waals surface area contributed by atoms with Crippen LogP contribution in [0, 0.1) is 0 Å². The van der Waals surface area contributed by atoms with Gasteiger partial charge in [0.05, 0.1) is 18.1 Å². The van der Waals surface area contributed by atoms with Crippen LogP contribution in [0.25, 0.3) is 0 Å². The quantitative estimate of drug-likeness (QED) is 0.723. The first kappa shape index (κ1) is 14.7. The Morgan fingerprint density at radius 2 is 1.94 bits per heavy atom. The first-order valence-corrected chi connectivity index (χ1v) is 8.33. The Balaban J connectivity index is 2.71. The molecule has 1 unspecified atom stereocenters. The van der Waals surface area contributed by atoms with Crippen molar-refractivity contribution < 1.29 is 13.2 Å². The van der Waals surface area contributed by atoms with E-state index in [4.69, 9.17) is 4.74 Å². The topological polar surface area (TPSA) is 43.4 Å². The summed E-state index contributed by atoms with van der Waals surface area (Å²) in [5, 5.41) is 0.642. The van der Waals surface area contributed by atoms with Gasteiger partial charge in [-0.3, -0.25) is 0 Å². The highest BCUT2D eigenvalue weighted by atomic mass is 79.9. The number of hydrogen-bond acceptors (Lipinski definition) is 3. The van der Waals surface area contributed by atoms with Gasteiger partial charge in [0.2, 0.25) is 0 Å². The molecule has 5 heteroatoms. The van der Waals surface area contributed by atoms with E-state index in [0.29, 0.717) is 5.33 Å². The molecule has 0 N–H and O–H groups in total. The molecule has 0 aromatic heterocycles. The Kier molecular flexibility index (Phi) is 6.16. The standard InChI is InChI=1S/C12H17BrO3S/c1-16-7-8-17(14,15)10-12(9-13)11-5-3-2-4-6-11/h2-6,12H,7-10H2,1H3. The van der Waals surface area contributed by atoms with Gasteiger partial charge in [-0.15, -0.1) is 0 Å². The van der Waals surface area contributed by atoms with Crippen LogP contribution in [-0.4, -0.2) is 39.0 Å². The zero-order valence-corrected chi connectivity index (χ0v) is 12.2. The van der Waals surface area contributed by atoms with Gasteiger partial charge in [-0.1, -0.05) is 46.3 Å². The fourth-order valence-corrected chi connectivity index (χ4v) is 3.97. The third kappa shape index (κ3) is 5.19. The number of alkyl halides is 1. The number of benzene rings is 1. The van der Waals surface area contributed by atoms with Gasteiger partial charge in [0, 0.05) is 18.4 Å². The molecule has 3 nitrogen and oxygen atoms in total. The van der Waals surface area contributed by atoms with Gasteiger partial charge in [-0.25, -0.2) is 8.42 Å². The molecule has 0 radical (unpaired) electrons. The largest absolute Gasteiger partial charge is 0.384 e. The minimum atomic E-state index is -3.06. The van der Waals surface area contributed by atoms with Crippen LogP contribution in [0.1, 0.15) is 11.5 Å². The molecule has 1 aromatic rings. The van der Waals surface area contributed by atoms with E-state index in [1.807, 2.05) is 30.3 Å². The zero-order chi connectivity index (χ0) is 12.7. The van der Waals surface area contributed by atoms with E-state index in [2.05, 4.69) is 15.9 Å². The molecule has 0 fully saturated rings. The number of halogens is 1. The van der Waals surface area contributed by atoms with E-state index in [0.717, 1.165) is 5.56 Å². The van der Waals surface area contributed by atoms with Crippen molar-refractivity contribution in [2.24, 2.45) is 0 Å². The van der Waals surface area contributed by atoms with Crippen molar-refractivity contribution in [3.8, 4) is 0 Å². The van der Waals surface area contributed by atoms with Crippen LogP contribution in [0.2, 0.25) is 0 Å². The van der Waals surface area contributed by atoms with Crippen LogP contribution in [0.4, 0.5) is 0 Å². The lowest BCUT2D eigenvalue weighted by Crippen LogP contribution is -2.21. The molecule has 17 heavy (non-hydrogen) atoms. The van der Waals surface area contributed by atoms with Crippen LogP contribution in [-0.2, 0) is 14.6 Å². The number of hydrogen-bond donors (Lipinski definition) is 0. The van der Waals surface area contributed by atoms with Crippen molar-refractivity contribution in [2.75, 3.05) is 30.6 Å². The van der Waals surface area contributed by atoms with Crippen LogP contribution in [0.5, 0.6) is 0 Å². The summed E-state index contributed by atoms with van der Waals surface area (Å²) < 4.78 is 28.5. The summed E-state index contributed by atoms with van der Waals surface area (Å²) in [5.41, 5.74) is 1.05. The first-order valence-electron chi connectivity index (χ1n) is 5.39. The SMILES string of the molecule is COCCS(=O)(=O)CC(CBr)c1ccccc1. The molecular weight excluding hydrogens is 304 g/mol. The Bertz CT molecular complexity index is 417. The maximum absolute atomic E-state index is 11.8. The van der Waals surface area contributed by atoms with Gasteiger partial charge in [-0.2, -0.15) is 0 Å². The molecule has 1 atom stereocenters. The number of methoxy groups -OCH3 is 1. The average Bonchev–Trinajstić information content (AvgIpc) is 2.35. The van der Waals surface area contributed by atoms with Gasteiger partial charge in [-0.05, 0) is 5.56 Å². The third-order valence-corrected chi connectivity index (χ3v) is 4.99. The van der Waals surface area contributed by atoms with E-state index in [1.165, 1.54) is 7.11 Å². The van der Waals surface area contributed by atoms with E-state index >= 15 is 0 Å². The lowest BCUT2D eigenvalue weighted by Gasteiger charge is -2.14. The lowest BCUT2D eigenvalue weighted by atomic mass is 10.0. The van der Waals surface area contributed by atoms with Crippen molar-refractivity contribution in [3.05, 3.63) is 35.9 Å². The summed E-state index contributed by atoms with van der Waals surface area (Å²) in [4.78, 5) is 0. The molecule has 0 spiro atoms. The second-order valence-electron chi connectivity index (χ2n) is 3.87. The summed E-state index contributed by atoms with van der Waals surface area (Å²) in [5.74, 6) is 0.240. The molecule has 0 aliphatic heterocycles. The zero-order valence-electron chi connectivity index (χ0n) is 9.80. The normalized spacial score (nSPS) is 13.5. The molecular formula is C12H17BrO3S. The predicted molar refractivity (Wildman–Crippen MR) is 73.5 cm³/mol. The minimum Gasteiger partial charge on any atom is -0.384 e. The molecule has 1 aromatic carbocycles.